The Morgan fingerprint density at radius 2 is 2.00 bits per heavy atom. The fraction of sp³-hybridized carbons (Fsp3) is 0.240. The van der Waals surface area contributed by atoms with Crippen molar-refractivity contribution >= 4 is 16.9 Å². The number of imidazole rings is 1. The zero-order valence-electron chi connectivity index (χ0n) is 18.7. The highest BCUT2D eigenvalue weighted by Gasteiger charge is 2.15. The van der Waals surface area contributed by atoms with Gasteiger partial charge < -0.3 is 25.5 Å². The maximum atomic E-state index is 12.5. The van der Waals surface area contributed by atoms with Crippen LogP contribution in [0.2, 0.25) is 0 Å². The lowest BCUT2D eigenvalue weighted by Gasteiger charge is -2.09. The number of carbonyl (C=O) groups is 1. The number of nitrogens with zero attached hydrogens (tertiary/aromatic N) is 2. The quantitative estimate of drug-likeness (QED) is 0.292. The molecule has 0 atom stereocenters. The van der Waals surface area contributed by atoms with Crippen molar-refractivity contribution in [2.45, 2.75) is 13.3 Å². The average Bonchev–Trinajstić information content (AvgIpc) is 3.27. The van der Waals surface area contributed by atoms with E-state index in [1.807, 2.05) is 18.2 Å². The fourth-order valence-corrected chi connectivity index (χ4v) is 3.64. The first-order valence-corrected chi connectivity index (χ1v) is 10.9. The number of nitrogens with one attached hydrogen (secondary N) is 3. The molecule has 0 bridgehead atoms. The zero-order chi connectivity index (χ0) is 23.2. The highest BCUT2D eigenvalue weighted by Crippen LogP contribution is 2.35. The smallest absolute Gasteiger partial charge is 0.251 e. The van der Waals surface area contributed by atoms with Crippen LogP contribution in [0.5, 0.6) is 11.6 Å². The maximum Gasteiger partial charge on any atom is 0.251 e. The van der Waals surface area contributed by atoms with Crippen LogP contribution in [-0.2, 0) is 0 Å². The van der Waals surface area contributed by atoms with Crippen LogP contribution in [-0.4, -0.2) is 52.7 Å². The zero-order valence-corrected chi connectivity index (χ0v) is 18.7. The van der Waals surface area contributed by atoms with Gasteiger partial charge in [-0.25, -0.2) is 9.97 Å². The SMILES string of the molecule is CCNCCCNC(=O)c1ccc2nc(-c3cc(-c4cccnc4OC)ccc3O)[nH]c2c1. The number of rotatable bonds is 9. The third-order valence-corrected chi connectivity index (χ3v) is 5.34. The molecule has 8 heteroatoms. The fourth-order valence-electron chi connectivity index (χ4n) is 3.64. The lowest BCUT2D eigenvalue weighted by atomic mass is 10.0. The van der Waals surface area contributed by atoms with E-state index in [-0.39, 0.29) is 11.7 Å². The molecule has 0 saturated heterocycles. The molecule has 0 aliphatic rings. The van der Waals surface area contributed by atoms with Crippen molar-refractivity contribution in [3.05, 3.63) is 60.3 Å². The van der Waals surface area contributed by atoms with Gasteiger partial charge in [-0.15, -0.1) is 0 Å². The number of aromatic hydroxyl groups is 1. The molecule has 4 N–H and O–H groups in total. The molecule has 0 unspecified atom stereocenters. The first kappa shape index (κ1) is 22.3. The summed E-state index contributed by atoms with van der Waals surface area (Å²) < 4.78 is 5.37. The highest BCUT2D eigenvalue weighted by molar-refractivity contribution is 5.97. The van der Waals surface area contributed by atoms with Crippen LogP contribution in [0.4, 0.5) is 0 Å². The second kappa shape index (κ2) is 10.1. The van der Waals surface area contributed by atoms with Crippen molar-refractivity contribution in [1.82, 2.24) is 25.6 Å². The molecule has 1 amide bonds. The van der Waals surface area contributed by atoms with Gasteiger partial charge in [-0.2, -0.15) is 0 Å². The van der Waals surface area contributed by atoms with E-state index in [0.717, 1.165) is 30.6 Å². The Bertz CT molecular complexity index is 1270. The van der Waals surface area contributed by atoms with Crippen molar-refractivity contribution in [3.8, 4) is 34.1 Å². The Kier molecular flexibility index (Phi) is 6.85. The van der Waals surface area contributed by atoms with Gasteiger partial charge in [0, 0.05) is 23.9 Å². The number of methoxy groups -OCH3 is 1. The molecule has 0 fully saturated rings. The van der Waals surface area contributed by atoms with E-state index in [2.05, 4.69) is 32.5 Å². The van der Waals surface area contributed by atoms with Crippen LogP contribution in [0.1, 0.15) is 23.7 Å². The van der Waals surface area contributed by atoms with Crippen molar-refractivity contribution in [1.29, 1.82) is 0 Å². The number of ether oxygens (including phenoxy) is 1. The number of pyridine rings is 1. The molecule has 8 nitrogen and oxygen atoms in total. The average molecular weight is 446 g/mol. The minimum atomic E-state index is -0.127. The summed E-state index contributed by atoms with van der Waals surface area (Å²) >= 11 is 0. The molecule has 2 heterocycles. The summed E-state index contributed by atoms with van der Waals surface area (Å²) in [6.45, 7) is 4.45. The molecule has 2 aromatic carbocycles. The standard InChI is InChI=1S/C25H27N5O3/c1-3-26-11-5-13-27-24(32)17-7-9-20-21(15-17)30-23(29-20)19-14-16(8-10-22(19)31)18-6-4-12-28-25(18)33-2/h4,6-10,12,14-15,26,31H,3,5,11,13H2,1-2H3,(H,27,32)(H,29,30). The highest BCUT2D eigenvalue weighted by atomic mass is 16.5. The van der Waals surface area contributed by atoms with Gasteiger partial charge in [0.25, 0.3) is 5.91 Å². The Morgan fingerprint density at radius 3 is 2.82 bits per heavy atom. The van der Waals surface area contributed by atoms with E-state index >= 15 is 0 Å². The number of fused-ring (bicyclic) bond motifs is 1. The normalized spacial score (nSPS) is 11.0. The lowest BCUT2D eigenvalue weighted by Crippen LogP contribution is -2.27. The monoisotopic (exact) mass is 445 g/mol. The summed E-state index contributed by atoms with van der Waals surface area (Å²) in [6.07, 6.45) is 2.53. The van der Waals surface area contributed by atoms with Gasteiger partial charge in [-0.3, -0.25) is 4.79 Å². The second-order valence-electron chi connectivity index (χ2n) is 7.57. The number of benzene rings is 2. The summed E-state index contributed by atoms with van der Waals surface area (Å²) in [5.41, 5.74) is 4.17. The molecule has 0 radical (unpaired) electrons. The van der Waals surface area contributed by atoms with Crippen LogP contribution >= 0.6 is 0 Å². The van der Waals surface area contributed by atoms with E-state index in [4.69, 9.17) is 4.74 Å². The Balaban J connectivity index is 1.59. The van der Waals surface area contributed by atoms with Gasteiger partial charge in [0.1, 0.15) is 11.6 Å². The number of carbonyl (C=O) groups excluding carboxylic acids is 1. The summed E-state index contributed by atoms with van der Waals surface area (Å²) in [5, 5.41) is 16.7. The molecule has 0 aliphatic heterocycles. The Morgan fingerprint density at radius 1 is 1.12 bits per heavy atom. The third-order valence-electron chi connectivity index (χ3n) is 5.34. The third kappa shape index (κ3) is 4.96. The van der Waals surface area contributed by atoms with Crippen molar-refractivity contribution < 1.29 is 14.6 Å². The van der Waals surface area contributed by atoms with Gasteiger partial charge in [0.2, 0.25) is 5.88 Å². The number of aromatic nitrogens is 3. The minimum absolute atomic E-state index is 0.0966. The number of phenols is 1. The predicted octanol–water partition coefficient (Wildman–Crippen LogP) is 3.74. The molecule has 0 spiro atoms. The number of amides is 1. The Labute approximate surface area is 192 Å². The van der Waals surface area contributed by atoms with E-state index in [1.54, 1.807) is 43.6 Å². The molecular weight excluding hydrogens is 418 g/mol. The predicted molar refractivity (Wildman–Crippen MR) is 128 cm³/mol. The van der Waals surface area contributed by atoms with Gasteiger partial charge in [0.05, 0.1) is 23.7 Å². The summed E-state index contributed by atoms with van der Waals surface area (Å²) in [7, 11) is 1.57. The molecule has 4 aromatic rings. The van der Waals surface area contributed by atoms with Crippen LogP contribution < -0.4 is 15.4 Å². The van der Waals surface area contributed by atoms with E-state index in [1.165, 1.54) is 0 Å². The minimum Gasteiger partial charge on any atom is -0.507 e. The second-order valence-corrected chi connectivity index (χ2v) is 7.57. The van der Waals surface area contributed by atoms with Crippen LogP contribution in [0.25, 0.3) is 33.5 Å². The molecular formula is C25H27N5O3. The topological polar surface area (TPSA) is 112 Å². The molecule has 4 rings (SSSR count). The molecule has 33 heavy (non-hydrogen) atoms. The molecule has 170 valence electrons. The van der Waals surface area contributed by atoms with Crippen molar-refractivity contribution in [3.63, 3.8) is 0 Å². The van der Waals surface area contributed by atoms with Crippen LogP contribution in [0, 0.1) is 0 Å². The molecule has 0 aliphatic carbocycles. The van der Waals surface area contributed by atoms with E-state index in [9.17, 15) is 9.90 Å². The first-order valence-electron chi connectivity index (χ1n) is 10.9. The summed E-state index contributed by atoms with van der Waals surface area (Å²) in [4.78, 5) is 24.6. The number of H-pyrrole nitrogens is 1. The largest absolute Gasteiger partial charge is 0.507 e. The molecule has 0 saturated carbocycles. The summed E-state index contributed by atoms with van der Waals surface area (Å²) in [5.74, 6) is 0.979. The number of phenolic OH excluding ortho intramolecular Hbond substituents is 1. The number of aromatic amines is 1. The van der Waals surface area contributed by atoms with Gasteiger partial charge >= 0.3 is 0 Å². The van der Waals surface area contributed by atoms with Crippen LogP contribution in [0.3, 0.4) is 0 Å². The van der Waals surface area contributed by atoms with Crippen molar-refractivity contribution in [2.24, 2.45) is 0 Å². The van der Waals surface area contributed by atoms with Crippen molar-refractivity contribution in [2.75, 3.05) is 26.7 Å². The Hall–Kier alpha value is -3.91. The first-order chi connectivity index (χ1) is 16.1. The van der Waals surface area contributed by atoms with E-state index < -0.39 is 0 Å². The number of hydrogen-bond acceptors (Lipinski definition) is 6. The summed E-state index contributed by atoms with van der Waals surface area (Å²) in [6, 6.07) is 14.3. The van der Waals surface area contributed by atoms with Gasteiger partial charge in [-0.1, -0.05) is 13.0 Å². The van der Waals surface area contributed by atoms with E-state index in [0.29, 0.717) is 40.4 Å². The number of hydrogen-bond donors (Lipinski definition) is 4. The maximum absolute atomic E-state index is 12.5. The molecule has 2 aromatic heterocycles. The lowest BCUT2D eigenvalue weighted by molar-refractivity contribution is 0.0953. The van der Waals surface area contributed by atoms with Gasteiger partial charge in [0.15, 0.2) is 0 Å². The van der Waals surface area contributed by atoms with Gasteiger partial charge in [-0.05, 0) is 67.5 Å². The van der Waals surface area contributed by atoms with Crippen LogP contribution in [0.15, 0.2) is 54.7 Å².